The molecule has 5 heteroatoms. The van der Waals surface area contributed by atoms with E-state index in [1.165, 1.54) is 0 Å². The third kappa shape index (κ3) is 3.56. The lowest BCUT2D eigenvalue weighted by molar-refractivity contribution is -0.150. The van der Waals surface area contributed by atoms with Crippen LogP contribution >= 0.6 is 0 Å². The van der Waals surface area contributed by atoms with Gasteiger partial charge >= 0.3 is 5.97 Å². The van der Waals surface area contributed by atoms with E-state index in [9.17, 15) is 4.79 Å². The quantitative estimate of drug-likeness (QED) is 0.465. The van der Waals surface area contributed by atoms with Gasteiger partial charge in [0.1, 0.15) is 12.1 Å². The predicted octanol–water partition coefficient (Wildman–Crippen LogP) is 4.94. The van der Waals surface area contributed by atoms with E-state index in [4.69, 9.17) is 9.15 Å². The third-order valence-electron chi connectivity index (χ3n) is 5.63. The standard InChI is InChI=1S/C24H22N2O3/c27-23(28-16-19-8-5-7-17-6-1-2-9-20(17)19)18-12-14-26(15-13-18)24-25-21-10-3-4-11-22(21)29-24/h1-11,18H,12-16H2. The van der Waals surface area contributed by atoms with Gasteiger partial charge in [0.15, 0.2) is 5.58 Å². The van der Waals surface area contributed by atoms with E-state index >= 15 is 0 Å². The summed E-state index contributed by atoms with van der Waals surface area (Å²) in [5.41, 5.74) is 2.69. The first kappa shape index (κ1) is 17.7. The summed E-state index contributed by atoms with van der Waals surface area (Å²) in [6, 6.07) is 22.6. The number of carbonyl (C=O) groups excluding carboxylic acids is 1. The SMILES string of the molecule is O=C(OCc1cccc2ccccc12)C1CCN(c2nc3ccccc3o2)CC1. The van der Waals surface area contributed by atoms with Crippen molar-refractivity contribution in [1.29, 1.82) is 0 Å². The highest BCUT2D eigenvalue weighted by Gasteiger charge is 2.28. The molecule has 146 valence electrons. The molecule has 5 nitrogen and oxygen atoms in total. The van der Waals surface area contributed by atoms with Crippen molar-refractivity contribution < 1.29 is 13.9 Å². The van der Waals surface area contributed by atoms with Crippen molar-refractivity contribution in [2.45, 2.75) is 19.4 Å². The zero-order chi connectivity index (χ0) is 19.6. The molecule has 4 aromatic rings. The summed E-state index contributed by atoms with van der Waals surface area (Å²) in [6.45, 7) is 1.78. The number of rotatable bonds is 4. The fourth-order valence-corrected chi connectivity index (χ4v) is 3.99. The Morgan fingerprint density at radius 1 is 1.00 bits per heavy atom. The minimum Gasteiger partial charge on any atom is -0.461 e. The van der Waals surface area contributed by atoms with Crippen LogP contribution in [0.4, 0.5) is 6.01 Å². The minimum atomic E-state index is -0.116. The summed E-state index contributed by atoms with van der Waals surface area (Å²) in [5, 5.41) is 2.29. The average molecular weight is 386 g/mol. The van der Waals surface area contributed by atoms with Crippen LogP contribution in [0.1, 0.15) is 18.4 Å². The molecule has 0 atom stereocenters. The number of ether oxygens (including phenoxy) is 1. The fraction of sp³-hybridized carbons (Fsp3) is 0.250. The lowest BCUT2D eigenvalue weighted by Gasteiger charge is -2.29. The number of nitrogens with zero attached hydrogens (tertiary/aromatic N) is 2. The molecular formula is C24H22N2O3. The number of piperidine rings is 1. The molecule has 1 aliphatic rings. The summed E-state index contributed by atoms with van der Waals surface area (Å²) < 4.78 is 11.5. The predicted molar refractivity (Wildman–Crippen MR) is 113 cm³/mol. The second-order valence-corrected chi connectivity index (χ2v) is 7.47. The molecule has 29 heavy (non-hydrogen) atoms. The van der Waals surface area contributed by atoms with Crippen LogP contribution in [-0.4, -0.2) is 24.0 Å². The zero-order valence-corrected chi connectivity index (χ0v) is 16.1. The van der Waals surface area contributed by atoms with Crippen molar-refractivity contribution in [3.63, 3.8) is 0 Å². The van der Waals surface area contributed by atoms with Crippen molar-refractivity contribution in [3.05, 3.63) is 72.3 Å². The molecule has 1 fully saturated rings. The first-order valence-electron chi connectivity index (χ1n) is 10.0. The minimum absolute atomic E-state index is 0.0781. The summed E-state index contributed by atoms with van der Waals surface area (Å²) >= 11 is 0. The molecule has 0 radical (unpaired) electrons. The van der Waals surface area contributed by atoms with E-state index in [0.29, 0.717) is 12.6 Å². The third-order valence-corrected chi connectivity index (χ3v) is 5.63. The highest BCUT2D eigenvalue weighted by molar-refractivity contribution is 5.85. The van der Waals surface area contributed by atoms with Gasteiger partial charge in [0.05, 0.1) is 5.92 Å². The molecule has 1 saturated heterocycles. The molecule has 0 spiro atoms. The highest BCUT2D eigenvalue weighted by Crippen LogP contribution is 2.27. The molecule has 2 heterocycles. The summed E-state index contributed by atoms with van der Waals surface area (Å²) in [5.74, 6) is -0.194. The first-order valence-corrected chi connectivity index (χ1v) is 10.0. The Kier molecular flexibility index (Phi) is 4.64. The maximum atomic E-state index is 12.6. The van der Waals surface area contributed by atoms with Gasteiger partial charge in [-0.15, -0.1) is 0 Å². The molecule has 0 bridgehead atoms. The normalized spacial score (nSPS) is 15.1. The van der Waals surface area contributed by atoms with Gasteiger partial charge in [0.2, 0.25) is 0 Å². The topological polar surface area (TPSA) is 55.6 Å². The van der Waals surface area contributed by atoms with Gasteiger partial charge in [-0.05, 0) is 41.3 Å². The van der Waals surface area contributed by atoms with Crippen molar-refractivity contribution >= 4 is 33.9 Å². The van der Waals surface area contributed by atoms with Gasteiger partial charge < -0.3 is 14.1 Å². The molecule has 1 aromatic heterocycles. The Bertz CT molecular complexity index is 1120. The smallest absolute Gasteiger partial charge is 0.309 e. The van der Waals surface area contributed by atoms with Gasteiger partial charge in [-0.2, -0.15) is 4.98 Å². The van der Waals surface area contributed by atoms with E-state index in [-0.39, 0.29) is 11.9 Å². The van der Waals surface area contributed by atoms with Gasteiger partial charge in [-0.3, -0.25) is 4.79 Å². The first-order chi connectivity index (χ1) is 14.3. The average Bonchev–Trinajstić information content (AvgIpc) is 3.22. The molecule has 5 rings (SSSR count). The van der Waals surface area contributed by atoms with E-state index in [1.807, 2.05) is 48.5 Å². The number of benzene rings is 3. The van der Waals surface area contributed by atoms with Crippen molar-refractivity contribution in [2.24, 2.45) is 5.92 Å². The van der Waals surface area contributed by atoms with Crippen LogP contribution in [0.25, 0.3) is 21.9 Å². The molecule has 0 aliphatic carbocycles. The molecule has 0 saturated carbocycles. The summed E-state index contributed by atoms with van der Waals surface area (Å²) in [7, 11) is 0. The van der Waals surface area contributed by atoms with E-state index in [1.54, 1.807) is 0 Å². The van der Waals surface area contributed by atoms with Crippen molar-refractivity contribution in [3.8, 4) is 0 Å². The van der Waals surface area contributed by atoms with Crippen molar-refractivity contribution in [1.82, 2.24) is 4.98 Å². The monoisotopic (exact) mass is 386 g/mol. The second-order valence-electron chi connectivity index (χ2n) is 7.47. The zero-order valence-electron chi connectivity index (χ0n) is 16.1. The molecular weight excluding hydrogens is 364 g/mol. The van der Waals surface area contributed by atoms with E-state index < -0.39 is 0 Å². The maximum absolute atomic E-state index is 12.6. The molecule has 1 aliphatic heterocycles. The summed E-state index contributed by atoms with van der Waals surface area (Å²) in [6.07, 6.45) is 1.49. The summed E-state index contributed by atoms with van der Waals surface area (Å²) in [4.78, 5) is 19.3. The molecule has 0 amide bonds. The van der Waals surface area contributed by atoms with Crippen LogP contribution in [-0.2, 0) is 16.1 Å². The van der Waals surface area contributed by atoms with Gasteiger partial charge in [0, 0.05) is 13.1 Å². The number of oxazole rings is 1. The Hall–Kier alpha value is -3.34. The Morgan fingerprint density at radius 2 is 1.76 bits per heavy atom. The number of para-hydroxylation sites is 2. The molecule has 0 unspecified atom stereocenters. The number of carbonyl (C=O) groups is 1. The Balaban J connectivity index is 1.20. The van der Waals surface area contributed by atoms with E-state index in [0.717, 1.165) is 53.4 Å². The van der Waals surface area contributed by atoms with Gasteiger partial charge in [-0.25, -0.2) is 0 Å². The maximum Gasteiger partial charge on any atom is 0.309 e. The van der Waals surface area contributed by atoms with Crippen LogP contribution in [0.15, 0.2) is 71.1 Å². The van der Waals surface area contributed by atoms with Crippen LogP contribution in [0.5, 0.6) is 0 Å². The number of aromatic nitrogens is 1. The number of fused-ring (bicyclic) bond motifs is 2. The number of esters is 1. The number of hydrogen-bond acceptors (Lipinski definition) is 5. The van der Waals surface area contributed by atoms with Crippen LogP contribution in [0, 0.1) is 5.92 Å². The lowest BCUT2D eigenvalue weighted by Crippen LogP contribution is -2.37. The lowest BCUT2D eigenvalue weighted by atomic mass is 9.97. The highest BCUT2D eigenvalue weighted by atomic mass is 16.5. The fourth-order valence-electron chi connectivity index (χ4n) is 3.99. The number of anilines is 1. The van der Waals surface area contributed by atoms with Gasteiger partial charge in [-0.1, -0.05) is 54.6 Å². The largest absolute Gasteiger partial charge is 0.461 e. The van der Waals surface area contributed by atoms with Gasteiger partial charge in [0.25, 0.3) is 6.01 Å². The van der Waals surface area contributed by atoms with E-state index in [2.05, 4.69) is 28.1 Å². The molecule has 0 N–H and O–H groups in total. The number of hydrogen-bond donors (Lipinski definition) is 0. The van der Waals surface area contributed by atoms with Crippen LogP contribution in [0.3, 0.4) is 0 Å². The Labute approximate surface area is 168 Å². The second kappa shape index (κ2) is 7.59. The van der Waals surface area contributed by atoms with Crippen molar-refractivity contribution in [2.75, 3.05) is 18.0 Å². The molecule has 3 aromatic carbocycles. The van der Waals surface area contributed by atoms with Crippen LogP contribution < -0.4 is 4.90 Å². The Morgan fingerprint density at radius 3 is 2.62 bits per heavy atom. The van der Waals surface area contributed by atoms with Crippen LogP contribution in [0.2, 0.25) is 0 Å².